The molecule has 2 aromatic rings. The number of Topliss-reactive ketones (excluding diaryl/α,β-unsaturated/α-hetero) is 3. The standard InChI is InChI=1S/C20H17NO5/c1-10(22)16-18(17-14(25-2)8-11(21)9-15(17)26-3)20(24)13-7-5-4-6-12(13)19(16)23/h4-9H,21H2,1-3H3. The Hall–Kier alpha value is -3.41. The van der Waals surface area contributed by atoms with Crippen molar-refractivity contribution in [2.75, 3.05) is 20.0 Å². The molecule has 132 valence electrons. The molecule has 0 aliphatic heterocycles. The Bertz CT molecular complexity index is 962. The highest BCUT2D eigenvalue weighted by Crippen LogP contribution is 2.42. The second-order valence-electron chi connectivity index (χ2n) is 5.81. The number of fused-ring (bicyclic) bond motifs is 1. The average Bonchev–Trinajstić information content (AvgIpc) is 2.63. The van der Waals surface area contributed by atoms with E-state index in [0.717, 1.165) is 0 Å². The van der Waals surface area contributed by atoms with Gasteiger partial charge in [-0.25, -0.2) is 0 Å². The van der Waals surface area contributed by atoms with Gasteiger partial charge >= 0.3 is 0 Å². The normalized spacial score (nSPS) is 13.5. The Morgan fingerprint density at radius 1 is 0.923 bits per heavy atom. The molecule has 0 unspecified atom stereocenters. The van der Waals surface area contributed by atoms with Crippen molar-refractivity contribution in [3.05, 3.63) is 58.7 Å². The molecule has 0 fully saturated rings. The number of carbonyl (C=O) groups is 3. The first-order valence-corrected chi connectivity index (χ1v) is 7.86. The topological polar surface area (TPSA) is 95.7 Å². The molecule has 0 heterocycles. The summed E-state index contributed by atoms with van der Waals surface area (Å²) in [5.41, 5.74) is 6.67. The van der Waals surface area contributed by atoms with Crippen molar-refractivity contribution in [2.24, 2.45) is 0 Å². The third-order valence-electron chi connectivity index (χ3n) is 4.25. The summed E-state index contributed by atoms with van der Waals surface area (Å²) in [5.74, 6) is -0.948. The Kier molecular flexibility index (Phi) is 4.34. The summed E-state index contributed by atoms with van der Waals surface area (Å²) >= 11 is 0. The zero-order chi connectivity index (χ0) is 19.0. The summed E-state index contributed by atoms with van der Waals surface area (Å²) in [7, 11) is 2.82. The van der Waals surface area contributed by atoms with E-state index in [1.54, 1.807) is 18.2 Å². The number of ketones is 3. The number of rotatable bonds is 4. The SMILES string of the molecule is COc1cc(N)cc(OC)c1C1=C(C(C)=O)C(=O)c2ccccc2C1=O. The van der Waals surface area contributed by atoms with Crippen LogP contribution in [0.25, 0.3) is 5.57 Å². The van der Waals surface area contributed by atoms with Gasteiger partial charge < -0.3 is 15.2 Å². The summed E-state index contributed by atoms with van der Waals surface area (Å²) in [6, 6.07) is 9.44. The molecule has 0 aromatic heterocycles. The van der Waals surface area contributed by atoms with Crippen LogP contribution < -0.4 is 15.2 Å². The van der Waals surface area contributed by atoms with Crippen LogP contribution in [0.15, 0.2) is 42.0 Å². The number of hydrogen-bond donors (Lipinski definition) is 1. The highest BCUT2D eigenvalue weighted by molar-refractivity contribution is 6.47. The number of methoxy groups -OCH3 is 2. The number of anilines is 1. The maximum atomic E-state index is 13.2. The number of carbonyl (C=O) groups excluding carboxylic acids is 3. The van der Waals surface area contributed by atoms with Gasteiger partial charge in [0.1, 0.15) is 11.5 Å². The summed E-state index contributed by atoms with van der Waals surface area (Å²) in [5, 5.41) is 0. The molecular weight excluding hydrogens is 334 g/mol. The van der Waals surface area contributed by atoms with Crippen LogP contribution in [0.2, 0.25) is 0 Å². The second-order valence-corrected chi connectivity index (χ2v) is 5.81. The molecule has 0 amide bonds. The van der Waals surface area contributed by atoms with Gasteiger partial charge in [-0.3, -0.25) is 14.4 Å². The van der Waals surface area contributed by atoms with E-state index in [4.69, 9.17) is 15.2 Å². The van der Waals surface area contributed by atoms with Crippen molar-refractivity contribution in [1.29, 1.82) is 0 Å². The van der Waals surface area contributed by atoms with Crippen molar-refractivity contribution in [3.63, 3.8) is 0 Å². The van der Waals surface area contributed by atoms with E-state index in [1.165, 1.54) is 39.3 Å². The summed E-state index contributed by atoms with van der Waals surface area (Å²) in [4.78, 5) is 38.4. The summed E-state index contributed by atoms with van der Waals surface area (Å²) < 4.78 is 10.7. The lowest BCUT2D eigenvalue weighted by Crippen LogP contribution is -2.25. The van der Waals surface area contributed by atoms with Crippen LogP contribution in [-0.4, -0.2) is 31.6 Å². The van der Waals surface area contributed by atoms with Crippen LogP contribution in [-0.2, 0) is 4.79 Å². The van der Waals surface area contributed by atoms with E-state index in [0.29, 0.717) is 5.69 Å². The molecule has 0 atom stereocenters. The number of allylic oxidation sites excluding steroid dienone is 2. The summed E-state index contributed by atoms with van der Waals surface area (Å²) in [6.45, 7) is 1.25. The van der Waals surface area contributed by atoms with Crippen molar-refractivity contribution >= 4 is 28.6 Å². The fourth-order valence-electron chi connectivity index (χ4n) is 3.13. The van der Waals surface area contributed by atoms with Crippen LogP contribution in [0.4, 0.5) is 5.69 Å². The first-order chi connectivity index (χ1) is 12.4. The molecule has 1 aliphatic carbocycles. The predicted octanol–water partition coefficient (Wildman–Crippen LogP) is 2.71. The molecule has 0 spiro atoms. The molecule has 0 saturated carbocycles. The van der Waals surface area contributed by atoms with Crippen molar-refractivity contribution in [2.45, 2.75) is 6.92 Å². The van der Waals surface area contributed by atoms with E-state index in [9.17, 15) is 14.4 Å². The van der Waals surface area contributed by atoms with Crippen LogP contribution in [0.3, 0.4) is 0 Å². The highest BCUT2D eigenvalue weighted by atomic mass is 16.5. The smallest absolute Gasteiger partial charge is 0.198 e. The number of benzene rings is 2. The molecule has 3 rings (SSSR count). The number of nitrogens with two attached hydrogens (primary N) is 1. The molecular formula is C20H17NO5. The second kappa shape index (κ2) is 6.48. The predicted molar refractivity (Wildman–Crippen MR) is 96.7 cm³/mol. The van der Waals surface area contributed by atoms with Crippen LogP contribution in [0, 0.1) is 0 Å². The molecule has 26 heavy (non-hydrogen) atoms. The Morgan fingerprint density at radius 3 is 1.88 bits per heavy atom. The van der Waals surface area contributed by atoms with Crippen molar-refractivity contribution in [3.8, 4) is 11.5 Å². The molecule has 1 aliphatic rings. The quantitative estimate of drug-likeness (QED) is 0.672. The Labute approximate surface area is 150 Å². The van der Waals surface area contributed by atoms with Crippen LogP contribution in [0.1, 0.15) is 33.2 Å². The largest absolute Gasteiger partial charge is 0.496 e. The van der Waals surface area contributed by atoms with Crippen LogP contribution >= 0.6 is 0 Å². The first-order valence-electron chi connectivity index (χ1n) is 7.86. The van der Waals surface area contributed by atoms with Gasteiger partial charge in [0.25, 0.3) is 0 Å². The molecule has 6 heteroatoms. The van der Waals surface area contributed by atoms with Gasteiger partial charge in [-0.2, -0.15) is 0 Å². The average molecular weight is 351 g/mol. The van der Waals surface area contributed by atoms with E-state index in [1.807, 2.05) is 0 Å². The Balaban J connectivity index is 2.43. The van der Waals surface area contributed by atoms with Gasteiger partial charge in [0.2, 0.25) is 0 Å². The minimum Gasteiger partial charge on any atom is -0.496 e. The maximum Gasteiger partial charge on any atom is 0.198 e. The fourth-order valence-corrected chi connectivity index (χ4v) is 3.13. The van der Waals surface area contributed by atoms with Crippen molar-refractivity contribution < 1.29 is 23.9 Å². The third-order valence-corrected chi connectivity index (χ3v) is 4.25. The van der Waals surface area contributed by atoms with Gasteiger partial charge in [-0.1, -0.05) is 24.3 Å². The first kappa shape index (κ1) is 17.4. The molecule has 0 saturated heterocycles. The van der Waals surface area contributed by atoms with Gasteiger partial charge in [0.15, 0.2) is 17.3 Å². The number of hydrogen-bond acceptors (Lipinski definition) is 6. The number of ether oxygens (including phenoxy) is 2. The zero-order valence-corrected chi connectivity index (χ0v) is 14.6. The fraction of sp³-hybridized carbons (Fsp3) is 0.150. The van der Waals surface area contributed by atoms with E-state index >= 15 is 0 Å². The molecule has 0 bridgehead atoms. The minimum atomic E-state index is -0.506. The zero-order valence-electron chi connectivity index (χ0n) is 14.6. The van der Waals surface area contributed by atoms with Crippen molar-refractivity contribution in [1.82, 2.24) is 0 Å². The van der Waals surface area contributed by atoms with E-state index in [-0.39, 0.29) is 39.3 Å². The van der Waals surface area contributed by atoms with Gasteiger partial charge in [0.05, 0.1) is 30.9 Å². The monoisotopic (exact) mass is 351 g/mol. The lowest BCUT2D eigenvalue weighted by Gasteiger charge is -2.23. The van der Waals surface area contributed by atoms with Gasteiger partial charge in [0, 0.05) is 28.9 Å². The number of nitrogen functional groups attached to an aromatic ring is 1. The molecule has 6 nitrogen and oxygen atoms in total. The molecule has 2 aromatic carbocycles. The lowest BCUT2D eigenvalue weighted by atomic mass is 9.79. The maximum absolute atomic E-state index is 13.2. The molecule has 2 N–H and O–H groups in total. The van der Waals surface area contributed by atoms with E-state index < -0.39 is 17.3 Å². The minimum absolute atomic E-state index is 0.0325. The van der Waals surface area contributed by atoms with Gasteiger partial charge in [-0.15, -0.1) is 0 Å². The van der Waals surface area contributed by atoms with E-state index in [2.05, 4.69) is 0 Å². The molecule has 0 radical (unpaired) electrons. The van der Waals surface area contributed by atoms with Crippen LogP contribution in [0.5, 0.6) is 11.5 Å². The lowest BCUT2D eigenvalue weighted by molar-refractivity contribution is -0.113. The highest BCUT2D eigenvalue weighted by Gasteiger charge is 2.37. The third kappa shape index (κ3) is 2.56. The Morgan fingerprint density at radius 2 is 1.42 bits per heavy atom. The summed E-state index contributed by atoms with van der Waals surface area (Å²) in [6.07, 6.45) is 0. The van der Waals surface area contributed by atoms with Gasteiger partial charge in [-0.05, 0) is 6.92 Å².